The Hall–Kier alpha value is -1.46. The van der Waals surface area contributed by atoms with E-state index in [2.05, 4.69) is 17.6 Å². The molecule has 1 atom stereocenters. The van der Waals surface area contributed by atoms with E-state index in [1.165, 1.54) is 0 Å². The molecule has 1 fully saturated rings. The Morgan fingerprint density at radius 2 is 2.30 bits per heavy atom. The van der Waals surface area contributed by atoms with Crippen LogP contribution < -0.4 is 4.90 Å². The number of benzene rings is 1. The lowest BCUT2D eigenvalue weighted by molar-refractivity contribution is -0.117. The molecule has 2 aromatic rings. The Balaban J connectivity index is 2.06. The Morgan fingerprint density at radius 1 is 1.45 bits per heavy atom. The summed E-state index contributed by atoms with van der Waals surface area (Å²) >= 11 is 10.6. The number of nitrogens with zero attached hydrogens (tertiary/aromatic N) is 3. The number of hydrogen-bond acceptors (Lipinski definition) is 3. The molecule has 1 aromatic carbocycles. The zero-order chi connectivity index (χ0) is 14.1. The van der Waals surface area contributed by atoms with Crippen LogP contribution in [0.1, 0.15) is 6.42 Å². The number of aromatic nitrogens is 2. The molecule has 0 radical (unpaired) electrons. The lowest BCUT2D eigenvalue weighted by Crippen LogP contribution is -2.26. The van der Waals surface area contributed by atoms with Gasteiger partial charge in [-0.25, -0.2) is 4.98 Å². The van der Waals surface area contributed by atoms with Crippen LogP contribution in [0.2, 0.25) is 5.02 Å². The quantitative estimate of drug-likeness (QED) is 0.886. The van der Waals surface area contributed by atoms with Gasteiger partial charge in [0.2, 0.25) is 5.91 Å². The molecule has 104 valence electrons. The van der Waals surface area contributed by atoms with Crippen LogP contribution in [-0.2, 0) is 4.79 Å². The third-order valence-corrected chi connectivity index (χ3v) is 4.30. The minimum Gasteiger partial charge on any atom is -0.310 e. The van der Waals surface area contributed by atoms with Crippen LogP contribution >= 0.6 is 24.2 Å². The first kappa shape index (κ1) is 13.5. The van der Waals surface area contributed by atoms with Gasteiger partial charge in [-0.1, -0.05) is 17.7 Å². The average Bonchev–Trinajstić information content (AvgIpc) is 3.07. The molecule has 1 aromatic heterocycles. The number of imidazole rings is 1. The Kier molecular flexibility index (Phi) is 3.72. The normalized spacial score (nSPS) is 18.8. The summed E-state index contributed by atoms with van der Waals surface area (Å²) in [6, 6.07) is 5.59. The van der Waals surface area contributed by atoms with Crippen LogP contribution in [0.25, 0.3) is 5.69 Å². The predicted molar refractivity (Wildman–Crippen MR) is 82.9 cm³/mol. The van der Waals surface area contributed by atoms with Crippen LogP contribution in [0.15, 0.2) is 36.9 Å². The topological polar surface area (TPSA) is 38.1 Å². The molecular formula is C14H14ClN3OS. The zero-order valence-corrected chi connectivity index (χ0v) is 12.4. The summed E-state index contributed by atoms with van der Waals surface area (Å²) in [5, 5.41) is 0.600. The van der Waals surface area contributed by atoms with E-state index >= 15 is 0 Å². The number of amides is 1. The van der Waals surface area contributed by atoms with Crippen molar-refractivity contribution in [2.75, 3.05) is 17.2 Å². The highest BCUT2D eigenvalue weighted by molar-refractivity contribution is 7.80. The van der Waals surface area contributed by atoms with Crippen molar-refractivity contribution in [1.29, 1.82) is 0 Å². The molecule has 0 aliphatic carbocycles. The van der Waals surface area contributed by atoms with Gasteiger partial charge in [-0.2, -0.15) is 12.6 Å². The van der Waals surface area contributed by atoms with Crippen molar-refractivity contribution in [3.63, 3.8) is 0 Å². The molecule has 20 heavy (non-hydrogen) atoms. The van der Waals surface area contributed by atoms with Crippen LogP contribution in [-0.4, -0.2) is 27.8 Å². The minimum atomic E-state index is 0.118. The molecule has 6 heteroatoms. The van der Waals surface area contributed by atoms with Crippen molar-refractivity contribution in [2.24, 2.45) is 5.92 Å². The highest BCUT2D eigenvalue weighted by Crippen LogP contribution is 2.34. The Morgan fingerprint density at radius 3 is 2.95 bits per heavy atom. The smallest absolute Gasteiger partial charge is 0.227 e. The standard InChI is InChI=1S/C14H14ClN3OS/c15-11-2-1-3-12(14(11)17-5-4-16-9-17)18-7-10(8-20)6-13(18)19/h1-5,9-10,20H,6-8H2. The molecule has 1 aliphatic rings. The van der Waals surface area contributed by atoms with Crippen molar-refractivity contribution in [1.82, 2.24) is 9.55 Å². The summed E-state index contributed by atoms with van der Waals surface area (Å²) in [5.74, 6) is 1.12. The Labute approximate surface area is 127 Å². The van der Waals surface area contributed by atoms with Gasteiger partial charge in [-0.3, -0.25) is 4.79 Å². The van der Waals surface area contributed by atoms with Gasteiger partial charge in [0.15, 0.2) is 0 Å². The lowest BCUT2D eigenvalue weighted by Gasteiger charge is -2.21. The maximum atomic E-state index is 12.2. The third-order valence-electron chi connectivity index (χ3n) is 3.48. The van der Waals surface area contributed by atoms with Crippen LogP contribution in [0.3, 0.4) is 0 Å². The monoisotopic (exact) mass is 307 g/mol. The Bertz CT molecular complexity index is 629. The first-order valence-electron chi connectivity index (χ1n) is 6.38. The largest absolute Gasteiger partial charge is 0.310 e. The number of carbonyl (C=O) groups excluding carboxylic acids is 1. The summed E-state index contributed by atoms with van der Waals surface area (Å²) in [6.07, 6.45) is 5.73. The van der Waals surface area contributed by atoms with Gasteiger partial charge in [0, 0.05) is 25.4 Å². The van der Waals surface area contributed by atoms with E-state index in [0.717, 1.165) is 11.4 Å². The maximum absolute atomic E-state index is 12.2. The van der Waals surface area contributed by atoms with Crippen molar-refractivity contribution in [3.05, 3.63) is 41.9 Å². The van der Waals surface area contributed by atoms with Crippen molar-refractivity contribution in [2.45, 2.75) is 6.42 Å². The summed E-state index contributed by atoms with van der Waals surface area (Å²) in [5.41, 5.74) is 1.62. The molecule has 0 saturated carbocycles. The highest BCUT2D eigenvalue weighted by atomic mass is 35.5. The van der Waals surface area contributed by atoms with Gasteiger partial charge >= 0.3 is 0 Å². The molecule has 3 rings (SSSR count). The molecule has 1 saturated heterocycles. The van der Waals surface area contributed by atoms with E-state index in [4.69, 9.17) is 11.6 Å². The second-order valence-corrected chi connectivity index (χ2v) is 5.61. The van der Waals surface area contributed by atoms with Crippen LogP contribution in [0, 0.1) is 5.92 Å². The second-order valence-electron chi connectivity index (χ2n) is 4.83. The van der Waals surface area contributed by atoms with Gasteiger partial charge in [0.1, 0.15) is 0 Å². The van der Waals surface area contributed by atoms with E-state index in [9.17, 15) is 4.79 Å². The van der Waals surface area contributed by atoms with Gasteiger partial charge in [-0.15, -0.1) is 0 Å². The lowest BCUT2D eigenvalue weighted by atomic mass is 10.1. The van der Waals surface area contributed by atoms with Gasteiger partial charge in [-0.05, 0) is 23.8 Å². The van der Waals surface area contributed by atoms with Gasteiger partial charge in [0.05, 0.1) is 22.7 Å². The first-order chi connectivity index (χ1) is 9.70. The summed E-state index contributed by atoms with van der Waals surface area (Å²) < 4.78 is 1.83. The minimum absolute atomic E-state index is 0.118. The van der Waals surface area contributed by atoms with E-state index in [-0.39, 0.29) is 5.91 Å². The van der Waals surface area contributed by atoms with Gasteiger partial charge in [0.25, 0.3) is 0 Å². The zero-order valence-electron chi connectivity index (χ0n) is 10.7. The number of rotatable bonds is 3. The number of anilines is 1. The van der Waals surface area contributed by atoms with E-state index in [0.29, 0.717) is 29.7 Å². The molecule has 1 aliphatic heterocycles. The van der Waals surface area contributed by atoms with Crippen LogP contribution in [0.4, 0.5) is 5.69 Å². The molecule has 2 heterocycles. The van der Waals surface area contributed by atoms with E-state index in [1.807, 2.05) is 29.0 Å². The maximum Gasteiger partial charge on any atom is 0.227 e. The molecule has 0 spiro atoms. The average molecular weight is 308 g/mol. The molecule has 1 unspecified atom stereocenters. The molecule has 1 amide bonds. The summed E-state index contributed by atoms with van der Waals surface area (Å²) in [4.78, 5) is 18.0. The van der Waals surface area contributed by atoms with E-state index in [1.54, 1.807) is 17.4 Å². The fraction of sp³-hybridized carbons (Fsp3) is 0.286. The van der Waals surface area contributed by atoms with Crippen molar-refractivity contribution < 1.29 is 4.79 Å². The number of carbonyl (C=O) groups is 1. The molecular weight excluding hydrogens is 294 g/mol. The van der Waals surface area contributed by atoms with Crippen molar-refractivity contribution in [3.8, 4) is 5.69 Å². The van der Waals surface area contributed by atoms with Gasteiger partial charge < -0.3 is 9.47 Å². The summed E-state index contributed by atoms with van der Waals surface area (Å²) in [6.45, 7) is 0.685. The third kappa shape index (κ3) is 2.31. The molecule has 0 N–H and O–H groups in total. The number of halogens is 1. The fourth-order valence-electron chi connectivity index (χ4n) is 2.51. The fourth-order valence-corrected chi connectivity index (χ4v) is 3.02. The molecule has 0 bridgehead atoms. The number of thiol groups is 1. The highest BCUT2D eigenvalue weighted by Gasteiger charge is 2.31. The SMILES string of the molecule is O=C1CC(CS)CN1c1cccc(Cl)c1-n1ccnc1. The van der Waals surface area contributed by atoms with Crippen molar-refractivity contribution >= 4 is 35.8 Å². The number of para-hydroxylation sites is 1. The van der Waals surface area contributed by atoms with E-state index < -0.39 is 0 Å². The predicted octanol–water partition coefficient (Wildman–Crippen LogP) is 2.81. The number of hydrogen-bond donors (Lipinski definition) is 1. The van der Waals surface area contributed by atoms with Crippen LogP contribution in [0.5, 0.6) is 0 Å². The summed E-state index contributed by atoms with van der Waals surface area (Å²) in [7, 11) is 0. The second kappa shape index (κ2) is 5.50. The first-order valence-corrected chi connectivity index (χ1v) is 7.40. The molecule has 4 nitrogen and oxygen atoms in total.